The van der Waals surface area contributed by atoms with Crippen molar-refractivity contribution >= 4 is 23.2 Å². The molecule has 0 bridgehead atoms. The molecule has 0 spiro atoms. The number of rotatable bonds is 5. The maximum atomic E-state index is 15.0. The molecule has 0 saturated heterocycles. The summed E-state index contributed by atoms with van der Waals surface area (Å²) in [5.74, 6) is -0.438. The van der Waals surface area contributed by atoms with Crippen LogP contribution < -0.4 is 10.6 Å². The van der Waals surface area contributed by atoms with Crippen LogP contribution in [0.15, 0.2) is 90.1 Å². The van der Waals surface area contributed by atoms with E-state index in [1.807, 2.05) is 6.07 Å². The third kappa shape index (κ3) is 4.12. The number of anilines is 2. The van der Waals surface area contributed by atoms with Gasteiger partial charge in [0.2, 0.25) is 5.95 Å². The van der Waals surface area contributed by atoms with E-state index in [0.29, 0.717) is 16.9 Å². The van der Waals surface area contributed by atoms with E-state index in [1.165, 1.54) is 28.9 Å². The van der Waals surface area contributed by atoms with Crippen LogP contribution in [0.5, 0.6) is 0 Å². The summed E-state index contributed by atoms with van der Waals surface area (Å²) < 4.78 is 16.4. The van der Waals surface area contributed by atoms with Crippen LogP contribution in [0.2, 0.25) is 0 Å². The number of carbonyl (C=O) groups is 1. The Labute approximate surface area is 199 Å². The fourth-order valence-electron chi connectivity index (χ4n) is 4.03. The minimum absolute atomic E-state index is 0.105. The van der Waals surface area contributed by atoms with Gasteiger partial charge in [-0.05, 0) is 25.1 Å². The molecule has 0 aliphatic carbocycles. The second kappa shape index (κ2) is 8.82. The van der Waals surface area contributed by atoms with Crippen molar-refractivity contribution < 1.29 is 14.1 Å². The molecule has 10 heteroatoms. The van der Waals surface area contributed by atoms with Crippen LogP contribution in [0.25, 0.3) is 11.4 Å². The normalized spacial score (nSPS) is 14.7. The van der Waals surface area contributed by atoms with Crippen molar-refractivity contribution in [1.82, 2.24) is 14.8 Å². The van der Waals surface area contributed by atoms with E-state index in [9.17, 15) is 14.9 Å². The number of non-ortho nitro benzene ring substituents is 1. The highest BCUT2D eigenvalue weighted by Gasteiger charge is 2.36. The number of benzene rings is 3. The SMILES string of the molecule is CC1=C(C(=O)Nc2ccccc2)[C@@H](c2ccccc2F)n2nc(-c3cccc([N+](=O)[O-])c3)nc2N1. The van der Waals surface area contributed by atoms with E-state index >= 15 is 4.39 Å². The van der Waals surface area contributed by atoms with Gasteiger partial charge in [0.05, 0.1) is 10.5 Å². The summed E-state index contributed by atoms with van der Waals surface area (Å²) in [4.78, 5) is 28.6. The molecule has 3 aromatic carbocycles. The summed E-state index contributed by atoms with van der Waals surface area (Å²) in [7, 11) is 0. The zero-order valence-electron chi connectivity index (χ0n) is 18.5. The number of fused-ring (bicyclic) bond motifs is 1. The molecule has 1 aliphatic heterocycles. The van der Waals surface area contributed by atoms with Crippen LogP contribution >= 0.6 is 0 Å². The summed E-state index contributed by atoms with van der Waals surface area (Å²) in [6.45, 7) is 1.71. The Hall–Kier alpha value is -4.86. The zero-order valence-corrected chi connectivity index (χ0v) is 18.5. The highest BCUT2D eigenvalue weighted by molar-refractivity contribution is 6.06. The van der Waals surface area contributed by atoms with Crippen LogP contribution in [0.3, 0.4) is 0 Å². The number of nitro groups is 1. The van der Waals surface area contributed by atoms with E-state index in [4.69, 9.17) is 0 Å². The summed E-state index contributed by atoms with van der Waals surface area (Å²) >= 11 is 0. The van der Waals surface area contributed by atoms with Crippen LogP contribution in [0.1, 0.15) is 18.5 Å². The van der Waals surface area contributed by atoms with Crippen molar-refractivity contribution in [3.8, 4) is 11.4 Å². The average molecular weight is 470 g/mol. The number of nitro benzene ring substituents is 1. The monoisotopic (exact) mass is 470 g/mol. The maximum absolute atomic E-state index is 15.0. The van der Waals surface area contributed by atoms with E-state index < -0.39 is 22.7 Å². The fourth-order valence-corrected chi connectivity index (χ4v) is 4.03. The maximum Gasteiger partial charge on any atom is 0.270 e. The van der Waals surface area contributed by atoms with Crippen molar-refractivity contribution in [2.75, 3.05) is 10.6 Å². The van der Waals surface area contributed by atoms with Gasteiger partial charge < -0.3 is 10.6 Å². The van der Waals surface area contributed by atoms with Gasteiger partial charge >= 0.3 is 0 Å². The Balaban J connectivity index is 1.62. The van der Waals surface area contributed by atoms with Crippen LogP contribution in [-0.2, 0) is 4.79 Å². The Morgan fingerprint density at radius 1 is 1.09 bits per heavy atom. The first-order valence-electron chi connectivity index (χ1n) is 10.7. The number of nitrogens with one attached hydrogen (secondary N) is 2. The first-order chi connectivity index (χ1) is 16.9. The van der Waals surface area contributed by atoms with Gasteiger partial charge in [0.15, 0.2) is 5.82 Å². The Morgan fingerprint density at radius 3 is 2.57 bits per heavy atom. The third-order valence-corrected chi connectivity index (χ3v) is 5.64. The largest absolute Gasteiger partial charge is 0.328 e. The number of halogens is 1. The van der Waals surface area contributed by atoms with E-state index in [2.05, 4.69) is 20.7 Å². The molecule has 5 rings (SSSR count). The highest BCUT2D eigenvalue weighted by atomic mass is 19.1. The predicted molar refractivity (Wildman–Crippen MR) is 128 cm³/mol. The van der Waals surface area contributed by atoms with Gasteiger partial charge in [0.1, 0.15) is 11.9 Å². The molecule has 35 heavy (non-hydrogen) atoms. The number of amides is 1. The molecular formula is C25H19FN6O3. The van der Waals surface area contributed by atoms with Gasteiger partial charge in [-0.3, -0.25) is 14.9 Å². The zero-order chi connectivity index (χ0) is 24.5. The number of carbonyl (C=O) groups excluding carboxylic acids is 1. The second-order valence-electron chi connectivity index (χ2n) is 7.92. The molecule has 9 nitrogen and oxygen atoms in total. The van der Waals surface area contributed by atoms with E-state index in [1.54, 1.807) is 55.5 Å². The molecule has 0 saturated carbocycles. The Kier molecular flexibility index (Phi) is 5.54. The standard InChI is InChI=1S/C25H19FN6O3/c1-15-21(24(33)28-17-9-3-2-4-10-17)22(19-12-5-6-13-20(19)26)31-25(27-15)29-23(30-31)16-8-7-11-18(14-16)32(34)35/h2-14,22H,1H3,(H,28,33)(H,27,29,30)/t22-/m1/s1. The molecule has 1 aliphatic rings. The number of hydrogen-bond acceptors (Lipinski definition) is 6. The lowest BCUT2D eigenvalue weighted by atomic mass is 9.94. The molecule has 4 aromatic rings. The van der Waals surface area contributed by atoms with Gasteiger partial charge in [-0.15, -0.1) is 5.10 Å². The predicted octanol–water partition coefficient (Wildman–Crippen LogP) is 4.92. The molecular weight excluding hydrogens is 451 g/mol. The number of aromatic nitrogens is 3. The molecule has 0 unspecified atom stereocenters. The molecule has 0 fully saturated rings. The van der Waals surface area contributed by atoms with Crippen molar-refractivity contribution in [3.05, 3.63) is 112 Å². The molecule has 174 valence electrons. The number of para-hydroxylation sites is 1. The van der Waals surface area contributed by atoms with E-state index in [0.717, 1.165) is 0 Å². The fraction of sp³-hybridized carbons (Fsp3) is 0.0800. The van der Waals surface area contributed by atoms with Crippen molar-refractivity contribution in [2.45, 2.75) is 13.0 Å². The summed E-state index contributed by atoms with van der Waals surface area (Å²) in [5, 5.41) is 21.7. The molecule has 1 atom stereocenters. The van der Waals surface area contributed by atoms with Gasteiger partial charge in [0.25, 0.3) is 11.6 Å². The summed E-state index contributed by atoms with van der Waals surface area (Å²) in [5.41, 5.74) is 1.89. The van der Waals surface area contributed by atoms with E-state index in [-0.39, 0.29) is 28.6 Å². The van der Waals surface area contributed by atoms with Gasteiger partial charge in [0, 0.05) is 34.6 Å². The molecule has 1 amide bonds. The first-order valence-corrected chi connectivity index (χ1v) is 10.7. The average Bonchev–Trinajstić information content (AvgIpc) is 3.28. The molecule has 0 radical (unpaired) electrons. The van der Waals surface area contributed by atoms with Gasteiger partial charge in [-0.25, -0.2) is 9.07 Å². The van der Waals surface area contributed by atoms with Crippen molar-refractivity contribution in [3.63, 3.8) is 0 Å². The quantitative estimate of drug-likeness (QED) is 0.316. The Morgan fingerprint density at radius 2 is 1.83 bits per heavy atom. The van der Waals surface area contributed by atoms with Crippen molar-refractivity contribution in [1.29, 1.82) is 0 Å². The summed E-state index contributed by atoms with van der Waals surface area (Å²) in [6, 6.07) is 20.1. The topological polar surface area (TPSA) is 115 Å². The van der Waals surface area contributed by atoms with Crippen LogP contribution in [0.4, 0.5) is 21.7 Å². The highest BCUT2D eigenvalue weighted by Crippen LogP contribution is 2.38. The smallest absolute Gasteiger partial charge is 0.270 e. The Bertz CT molecular complexity index is 1480. The number of allylic oxidation sites excluding steroid dienone is 1. The molecule has 2 N–H and O–H groups in total. The number of nitrogens with zero attached hydrogens (tertiary/aromatic N) is 4. The lowest BCUT2D eigenvalue weighted by Gasteiger charge is -2.28. The van der Waals surface area contributed by atoms with Crippen LogP contribution in [0, 0.1) is 15.9 Å². The van der Waals surface area contributed by atoms with Gasteiger partial charge in [-0.1, -0.05) is 48.5 Å². The molecule has 1 aromatic heterocycles. The first kappa shape index (κ1) is 22.0. The lowest BCUT2D eigenvalue weighted by molar-refractivity contribution is -0.384. The van der Waals surface area contributed by atoms with Crippen LogP contribution in [-0.4, -0.2) is 25.6 Å². The summed E-state index contributed by atoms with van der Waals surface area (Å²) in [6.07, 6.45) is 0. The number of hydrogen-bond donors (Lipinski definition) is 2. The lowest BCUT2D eigenvalue weighted by Crippen LogP contribution is -2.32. The minimum Gasteiger partial charge on any atom is -0.328 e. The van der Waals surface area contributed by atoms with Gasteiger partial charge in [-0.2, -0.15) is 4.98 Å². The molecule has 2 heterocycles. The third-order valence-electron chi connectivity index (χ3n) is 5.64. The van der Waals surface area contributed by atoms with Crippen molar-refractivity contribution in [2.24, 2.45) is 0 Å². The second-order valence-corrected chi connectivity index (χ2v) is 7.92. The minimum atomic E-state index is -0.920.